The Morgan fingerprint density at radius 2 is 2.17 bits per heavy atom. The maximum absolute atomic E-state index is 12.1. The van der Waals surface area contributed by atoms with Gasteiger partial charge in [0.1, 0.15) is 0 Å². The lowest BCUT2D eigenvalue weighted by Crippen LogP contribution is -2.16. The number of amides is 1. The van der Waals surface area contributed by atoms with Crippen LogP contribution in [0.2, 0.25) is 0 Å². The topological polar surface area (TPSA) is 107 Å². The standard InChI is InChI=1S/C10H12N6OS/c1-3-7-6(4-5(2)13-14-7)8(17)12-10-16-15-9(11)18-10/h4H,3H2,1-2H3,(H2,11,15)(H,12,16,17). The number of anilines is 2. The lowest BCUT2D eigenvalue weighted by molar-refractivity contribution is 0.102. The number of rotatable bonds is 3. The van der Waals surface area contributed by atoms with Crippen LogP contribution in [-0.4, -0.2) is 26.3 Å². The van der Waals surface area contributed by atoms with Crippen molar-refractivity contribution in [3.8, 4) is 0 Å². The second-order valence-electron chi connectivity index (χ2n) is 3.60. The van der Waals surface area contributed by atoms with Crippen LogP contribution in [0.3, 0.4) is 0 Å². The largest absolute Gasteiger partial charge is 0.374 e. The minimum atomic E-state index is -0.277. The van der Waals surface area contributed by atoms with Crippen molar-refractivity contribution in [2.75, 3.05) is 11.1 Å². The van der Waals surface area contributed by atoms with E-state index in [1.165, 1.54) is 0 Å². The third-order valence-corrected chi connectivity index (χ3v) is 2.90. The Hall–Kier alpha value is -2.09. The number of nitrogens with one attached hydrogen (secondary N) is 1. The quantitative estimate of drug-likeness (QED) is 0.857. The molecule has 0 saturated heterocycles. The van der Waals surface area contributed by atoms with Gasteiger partial charge in [-0.3, -0.25) is 10.1 Å². The summed E-state index contributed by atoms with van der Waals surface area (Å²) in [5.41, 5.74) is 7.28. The first-order chi connectivity index (χ1) is 8.60. The zero-order valence-corrected chi connectivity index (χ0v) is 10.8. The molecule has 94 valence electrons. The molecule has 0 aromatic carbocycles. The Labute approximate surface area is 107 Å². The van der Waals surface area contributed by atoms with Gasteiger partial charge in [0, 0.05) is 0 Å². The van der Waals surface area contributed by atoms with E-state index in [9.17, 15) is 4.79 Å². The number of aryl methyl sites for hydroxylation is 2. The van der Waals surface area contributed by atoms with Crippen LogP contribution in [0.5, 0.6) is 0 Å². The van der Waals surface area contributed by atoms with E-state index in [0.29, 0.717) is 33.6 Å². The van der Waals surface area contributed by atoms with Crippen LogP contribution in [-0.2, 0) is 6.42 Å². The van der Waals surface area contributed by atoms with Gasteiger partial charge in [0.25, 0.3) is 5.91 Å². The normalized spacial score (nSPS) is 10.3. The molecule has 18 heavy (non-hydrogen) atoms. The first-order valence-electron chi connectivity index (χ1n) is 5.33. The maximum Gasteiger partial charge on any atom is 0.259 e. The second-order valence-corrected chi connectivity index (χ2v) is 4.61. The molecule has 0 saturated carbocycles. The number of hydrogen-bond acceptors (Lipinski definition) is 7. The third kappa shape index (κ3) is 2.59. The molecule has 1 amide bonds. The number of carbonyl (C=O) groups excluding carboxylic acids is 1. The van der Waals surface area contributed by atoms with Crippen LogP contribution in [0.25, 0.3) is 0 Å². The summed E-state index contributed by atoms with van der Waals surface area (Å²) in [4.78, 5) is 12.1. The Balaban J connectivity index is 2.25. The van der Waals surface area contributed by atoms with Crippen molar-refractivity contribution < 1.29 is 4.79 Å². The third-order valence-electron chi connectivity index (χ3n) is 2.23. The number of nitrogens with two attached hydrogens (primary N) is 1. The molecule has 0 radical (unpaired) electrons. The van der Waals surface area contributed by atoms with E-state index >= 15 is 0 Å². The molecule has 2 rings (SSSR count). The highest BCUT2D eigenvalue weighted by Gasteiger charge is 2.14. The van der Waals surface area contributed by atoms with Crippen molar-refractivity contribution >= 4 is 27.5 Å². The average Bonchev–Trinajstić information content (AvgIpc) is 2.74. The van der Waals surface area contributed by atoms with Crippen molar-refractivity contribution in [2.45, 2.75) is 20.3 Å². The van der Waals surface area contributed by atoms with Crippen molar-refractivity contribution in [1.29, 1.82) is 0 Å². The fourth-order valence-corrected chi connectivity index (χ4v) is 1.93. The van der Waals surface area contributed by atoms with Crippen LogP contribution in [0, 0.1) is 6.92 Å². The van der Waals surface area contributed by atoms with Gasteiger partial charge in [0.15, 0.2) is 0 Å². The first kappa shape index (κ1) is 12.4. The summed E-state index contributed by atoms with van der Waals surface area (Å²) in [5.74, 6) is -0.277. The molecule has 2 aromatic heterocycles. The summed E-state index contributed by atoms with van der Waals surface area (Å²) < 4.78 is 0. The van der Waals surface area contributed by atoms with Crippen molar-refractivity contribution in [2.24, 2.45) is 0 Å². The van der Waals surface area contributed by atoms with E-state index in [0.717, 1.165) is 11.3 Å². The monoisotopic (exact) mass is 264 g/mol. The van der Waals surface area contributed by atoms with Crippen LogP contribution in [0.4, 0.5) is 10.3 Å². The molecule has 2 aromatic rings. The van der Waals surface area contributed by atoms with Gasteiger partial charge in [-0.25, -0.2) is 0 Å². The predicted molar refractivity (Wildman–Crippen MR) is 68.4 cm³/mol. The highest BCUT2D eigenvalue weighted by atomic mass is 32.1. The van der Waals surface area contributed by atoms with E-state index in [1.807, 2.05) is 6.92 Å². The number of nitrogens with zero attached hydrogens (tertiary/aromatic N) is 4. The SMILES string of the molecule is CCc1nnc(C)cc1C(=O)Nc1nnc(N)s1. The molecule has 0 spiro atoms. The zero-order chi connectivity index (χ0) is 13.1. The number of aromatic nitrogens is 4. The van der Waals surface area contributed by atoms with Crippen molar-refractivity contribution in [3.05, 3.63) is 23.0 Å². The minimum absolute atomic E-state index is 0.277. The summed E-state index contributed by atoms with van der Waals surface area (Å²) in [7, 11) is 0. The molecule has 0 fully saturated rings. The van der Waals surface area contributed by atoms with Gasteiger partial charge in [-0.2, -0.15) is 10.2 Å². The van der Waals surface area contributed by atoms with Gasteiger partial charge in [-0.1, -0.05) is 18.3 Å². The van der Waals surface area contributed by atoms with Gasteiger partial charge in [-0.15, -0.1) is 10.2 Å². The summed E-state index contributed by atoms with van der Waals surface area (Å²) in [6, 6.07) is 1.70. The van der Waals surface area contributed by atoms with E-state index in [2.05, 4.69) is 25.7 Å². The Morgan fingerprint density at radius 1 is 1.39 bits per heavy atom. The maximum atomic E-state index is 12.1. The van der Waals surface area contributed by atoms with E-state index < -0.39 is 0 Å². The molecule has 0 aliphatic rings. The average molecular weight is 264 g/mol. The van der Waals surface area contributed by atoms with Gasteiger partial charge < -0.3 is 5.73 Å². The molecule has 7 nitrogen and oxygen atoms in total. The Morgan fingerprint density at radius 3 is 2.78 bits per heavy atom. The molecule has 0 atom stereocenters. The van der Waals surface area contributed by atoms with Gasteiger partial charge in [0.2, 0.25) is 10.3 Å². The first-order valence-corrected chi connectivity index (χ1v) is 6.15. The zero-order valence-electron chi connectivity index (χ0n) is 9.97. The lowest BCUT2D eigenvalue weighted by atomic mass is 10.1. The Kier molecular flexibility index (Phi) is 3.47. The highest BCUT2D eigenvalue weighted by Crippen LogP contribution is 2.18. The van der Waals surface area contributed by atoms with Crippen LogP contribution in [0.1, 0.15) is 28.7 Å². The summed E-state index contributed by atoms with van der Waals surface area (Å²) in [6.45, 7) is 3.70. The van der Waals surface area contributed by atoms with Crippen LogP contribution in [0.15, 0.2) is 6.07 Å². The molecule has 0 unspecified atom stereocenters. The summed E-state index contributed by atoms with van der Waals surface area (Å²) >= 11 is 1.12. The van der Waals surface area contributed by atoms with Gasteiger partial charge >= 0.3 is 0 Å². The van der Waals surface area contributed by atoms with E-state index in [4.69, 9.17) is 5.73 Å². The highest BCUT2D eigenvalue weighted by molar-refractivity contribution is 7.19. The lowest BCUT2D eigenvalue weighted by Gasteiger charge is -2.05. The number of nitrogen functional groups attached to an aromatic ring is 1. The molecule has 0 aliphatic heterocycles. The molecule has 8 heteroatoms. The molecular formula is C10H12N6OS. The predicted octanol–water partition coefficient (Wildman–Crippen LogP) is 1.03. The number of hydrogen-bond donors (Lipinski definition) is 2. The summed E-state index contributed by atoms with van der Waals surface area (Å²) in [5, 5.41) is 18.6. The van der Waals surface area contributed by atoms with Gasteiger partial charge in [-0.05, 0) is 19.4 Å². The molecular weight excluding hydrogens is 252 g/mol. The van der Waals surface area contributed by atoms with Crippen LogP contribution < -0.4 is 11.1 Å². The summed E-state index contributed by atoms with van der Waals surface area (Å²) in [6.07, 6.45) is 0.633. The molecule has 0 aliphatic carbocycles. The Bertz CT molecular complexity index is 581. The van der Waals surface area contributed by atoms with Crippen molar-refractivity contribution in [1.82, 2.24) is 20.4 Å². The number of carbonyl (C=O) groups is 1. The minimum Gasteiger partial charge on any atom is -0.374 e. The van der Waals surface area contributed by atoms with Crippen LogP contribution >= 0.6 is 11.3 Å². The van der Waals surface area contributed by atoms with Gasteiger partial charge in [0.05, 0.1) is 17.0 Å². The van der Waals surface area contributed by atoms with E-state index in [1.54, 1.807) is 13.0 Å². The molecule has 3 N–H and O–H groups in total. The smallest absolute Gasteiger partial charge is 0.259 e. The molecule has 0 bridgehead atoms. The molecule has 2 heterocycles. The fourth-order valence-electron chi connectivity index (χ4n) is 1.42. The van der Waals surface area contributed by atoms with Crippen molar-refractivity contribution in [3.63, 3.8) is 0 Å². The van der Waals surface area contributed by atoms with E-state index in [-0.39, 0.29) is 5.91 Å². The second kappa shape index (κ2) is 5.05. The fraction of sp³-hybridized carbons (Fsp3) is 0.300.